The lowest BCUT2D eigenvalue weighted by molar-refractivity contribution is -0.137. The Hall–Kier alpha value is -2.08. The van der Waals surface area contributed by atoms with Crippen molar-refractivity contribution >= 4 is 5.82 Å². The van der Waals surface area contributed by atoms with E-state index in [0.29, 0.717) is 18.9 Å². The molecule has 0 fully saturated rings. The van der Waals surface area contributed by atoms with Crippen molar-refractivity contribution in [3.63, 3.8) is 0 Å². The molecule has 1 aromatic heterocycles. The molecule has 0 spiro atoms. The van der Waals surface area contributed by atoms with Crippen LogP contribution in [0.25, 0.3) is 0 Å². The molecule has 0 aliphatic heterocycles. The third-order valence-electron chi connectivity index (χ3n) is 3.21. The third kappa shape index (κ3) is 3.72. The van der Waals surface area contributed by atoms with Crippen molar-refractivity contribution in [2.24, 2.45) is 5.73 Å². The zero-order valence-corrected chi connectivity index (χ0v) is 11.6. The molecule has 1 heterocycles. The molecule has 2 N–H and O–H groups in total. The molecule has 0 aliphatic carbocycles. The van der Waals surface area contributed by atoms with E-state index >= 15 is 0 Å². The first-order valence-corrected chi connectivity index (χ1v) is 6.43. The summed E-state index contributed by atoms with van der Waals surface area (Å²) in [6.07, 6.45) is -3.52. The number of hydrogen-bond acceptors (Lipinski definition) is 3. The summed E-state index contributed by atoms with van der Waals surface area (Å²) in [7, 11) is 1.78. The van der Waals surface area contributed by atoms with Gasteiger partial charge in [-0.1, -0.05) is 24.3 Å². The summed E-state index contributed by atoms with van der Waals surface area (Å²) >= 11 is 0. The number of halogens is 3. The highest BCUT2D eigenvalue weighted by atomic mass is 19.4. The summed E-state index contributed by atoms with van der Waals surface area (Å²) in [6.45, 7) is 0.955. The van der Waals surface area contributed by atoms with Crippen molar-refractivity contribution < 1.29 is 13.2 Å². The highest BCUT2D eigenvalue weighted by Crippen LogP contribution is 2.29. The number of rotatable bonds is 4. The van der Waals surface area contributed by atoms with E-state index in [-0.39, 0.29) is 0 Å². The third-order valence-corrected chi connectivity index (χ3v) is 3.21. The predicted molar refractivity (Wildman–Crippen MR) is 75.7 cm³/mol. The molecule has 6 heteroatoms. The standard InChI is InChI=1S/C15H16F3N3/c1-21(10-12-5-3-2-4-11(12)8-19)14-7-6-13(9-20-14)15(16,17)18/h2-7,9H,8,10,19H2,1H3. The summed E-state index contributed by atoms with van der Waals surface area (Å²) in [5, 5.41) is 0. The number of nitrogens with zero attached hydrogens (tertiary/aromatic N) is 2. The van der Waals surface area contributed by atoms with E-state index in [9.17, 15) is 13.2 Å². The van der Waals surface area contributed by atoms with E-state index in [4.69, 9.17) is 5.73 Å². The minimum Gasteiger partial charge on any atom is -0.355 e. The van der Waals surface area contributed by atoms with Crippen molar-refractivity contribution in [3.05, 3.63) is 59.3 Å². The van der Waals surface area contributed by atoms with Gasteiger partial charge in [-0.2, -0.15) is 13.2 Å². The number of nitrogens with two attached hydrogens (primary N) is 1. The second-order valence-electron chi connectivity index (χ2n) is 4.73. The summed E-state index contributed by atoms with van der Waals surface area (Å²) in [6, 6.07) is 10.1. The van der Waals surface area contributed by atoms with Crippen molar-refractivity contribution in [2.45, 2.75) is 19.3 Å². The number of anilines is 1. The van der Waals surface area contributed by atoms with Crippen LogP contribution in [-0.2, 0) is 19.3 Å². The molecule has 0 atom stereocenters. The van der Waals surface area contributed by atoms with Crippen LogP contribution in [0.1, 0.15) is 16.7 Å². The largest absolute Gasteiger partial charge is 0.417 e. The molecule has 0 saturated carbocycles. The molecule has 0 bridgehead atoms. The quantitative estimate of drug-likeness (QED) is 0.942. The maximum Gasteiger partial charge on any atom is 0.417 e. The Kier molecular flexibility index (Phi) is 4.47. The maximum absolute atomic E-state index is 12.5. The fourth-order valence-corrected chi connectivity index (χ4v) is 2.03. The topological polar surface area (TPSA) is 42.1 Å². The highest BCUT2D eigenvalue weighted by Gasteiger charge is 2.30. The van der Waals surface area contributed by atoms with Gasteiger partial charge in [0.2, 0.25) is 0 Å². The summed E-state index contributed by atoms with van der Waals surface area (Å²) in [5.41, 5.74) is 6.97. The fourth-order valence-electron chi connectivity index (χ4n) is 2.03. The Bertz CT molecular complexity index is 594. The van der Waals surface area contributed by atoms with E-state index in [2.05, 4.69) is 4.98 Å². The van der Waals surface area contributed by atoms with Gasteiger partial charge in [-0.3, -0.25) is 0 Å². The fraction of sp³-hybridized carbons (Fsp3) is 0.267. The zero-order chi connectivity index (χ0) is 15.5. The minimum absolute atomic E-state index is 0.421. The Morgan fingerprint density at radius 1 is 1.10 bits per heavy atom. The second kappa shape index (κ2) is 6.13. The van der Waals surface area contributed by atoms with Crippen LogP contribution < -0.4 is 10.6 Å². The molecule has 0 aliphatic rings. The average Bonchev–Trinajstić information content (AvgIpc) is 2.47. The molecule has 1 aromatic carbocycles. The number of aromatic nitrogens is 1. The highest BCUT2D eigenvalue weighted by molar-refractivity contribution is 5.41. The summed E-state index contributed by atoms with van der Waals surface area (Å²) < 4.78 is 37.5. The monoisotopic (exact) mass is 295 g/mol. The molecule has 2 rings (SSSR count). The molecular formula is C15H16F3N3. The van der Waals surface area contributed by atoms with Crippen molar-refractivity contribution in [1.82, 2.24) is 4.98 Å². The number of hydrogen-bond donors (Lipinski definition) is 1. The van der Waals surface area contributed by atoms with Crippen LogP contribution in [0.4, 0.5) is 19.0 Å². The summed E-state index contributed by atoms with van der Waals surface area (Å²) in [5.74, 6) is 0.481. The van der Waals surface area contributed by atoms with Gasteiger partial charge in [-0.05, 0) is 23.3 Å². The molecule has 0 saturated heterocycles. The van der Waals surface area contributed by atoms with E-state index in [1.165, 1.54) is 6.07 Å². The second-order valence-corrected chi connectivity index (χ2v) is 4.73. The Morgan fingerprint density at radius 2 is 1.76 bits per heavy atom. The first-order valence-electron chi connectivity index (χ1n) is 6.43. The van der Waals surface area contributed by atoms with E-state index in [0.717, 1.165) is 23.4 Å². The van der Waals surface area contributed by atoms with Crippen LogP contribution in [0, 0.1) is 0 Å². The van der Waals surface area contributed by atoms with Crippen molar-refractivity contribution in [1.29, 1.82) is 0 Å². The van der Waals surface area contributed by atoms with E-state index < -0.39 is 11.7 Å². The number of benzene rings is 1. The van der Waals surface area contributed by atoms with Gasteiger partial charge in [0.1, 0.15) is 5.82 Å². The van der Waals surface area contributed by atoms with Crippen LogP contribution >= 0.6 is 0 Å². The van der Waals surface area contributed by atoms with Gasteiger partial charge in [-0.25, -0.2) is 4.98 Å². The van der Waals surface area contributed by atoms with Crippen molar-refractivity contribution in [3.8, 4) is 0 Å². The molecule has 2 aromatic rings. The van der Waals surface area contributed by atoms with Crippen LogP contribution in [0.15, 0.2) is 42.6 Å². The lowest BCUT2D eigenvalue weighted by atomic mass is 10.1. The van der Waals surface area contributed by atoms with Crippen molar-refractivity contribution in [2.75, 3.05) is 11.9 Å². The van der Waals surface area contributed by atoms with Gasteiger partial charge in [0, 0.05) is 26.3 Å². The molecule has 112 valence electrons. The van der Waals surface area contributed by atoms with E-state index in [1.807, 2.05) is 24.3 Å². The first kappa shape index (κ1) is 15.3. The summed E-state index contributed by atoms with van der Waals surface area (Å²) in [4.78, 5) is 5.66. The Morgan fingerprint density at radius 3 is 2.29 bits per heavy atom. The van der Waals surface area contributed by atoms with Gasteiger partial charge in [0.05, 0.1) is 5.56 Å². The zero-order valence-electron chi connectivity index (χ0n) is 11.6. The minimum atomic E-state index is -4.36. The molecular weight excluding hydrogens is 279 g/mol. The van der Waals surface area contributed by atoms with Crippen LogP contribution in [0.5, 0.6) is 0 Å². The van der Waals surface area contributed by atoms with Gasteiger partial charge in [0.25, 0.3) is 0 Å². The van der Waals surface area contributed by atoms with Gasteiger partial charge in [-0.15, -0.1) is 0 Å². The van der Waals surface area contributed by atoms with E-state index in [1.54, 1.807) is 11.9 Å². The predicted octanol–water partition coefficient (Wildman–Crippen LogP) is 3.20. The normalized spacial score (nSPS) is 11.5. The lowest BCUT2D eigenvalue weighted by Gasteiger charge is -2.20. The van der Waals surface area contributed by atoms with Crippen LogP contribution in [0.2, 0.25) is 0 Å². The van der Waals surface area contributed by atoms with Crippen LogP contribution in [0.3, 0.4) is 0 Å². The molecule has 0 radical (unpaired) electrons. The van der Waals surface area contributed by atoms with Crippen LogP contribution in [-0.4, -0.2) is 12.0 Å². The van der Waals surface area contributed by atoms with Gasteiger partial charge in [0.15, 0.2) is 0 Å². The average molecular weight is 295 g/mol. The molecule has 0 unspecified atom stereocenters. The van der Waals surface area contributed by atoms with Gasteiger partial charge < -0.3 is 10.6 Å². The molecule has 21 heavy (non-hydrogen) atoms. The molecule has 0 amide bonds. The van der Waals surface area contributed by atoms with Gasteiger partial charge >= 0.3 is 6.18 Å². The Labute approximate surface area is 121 Å². The maximum atomic E-state index is 12.5. The number of pyridine rings is 1. The first-order chi connectivity index (χ1) is 9.91. The lowest BCUT2D eigenvalue weighted by Crippen LogP contribution is -2.19. The number of alkyl halides is 3. The SMILES string of the molecule is CN(Cc1ccccc1CN)c1ccc(C(F)(F)F)cn1. The smallest absolute Gasteiger partial charge is 0.355 e. The molecule has 3 nitrogen and oxygen atoms in total. The Balaban J connectivity index is 2.15.